The smallest absolute Gasteiger partial charge is 0.254 e. The molecule has 0 aliphatic carbocycles. The predicted octanol–water partition coefficient (Wildman–Crippen LogP) is 2.72. The zero-order chi connectivity index (χ0) is 20.3. The molecule has 2 heterocycles. The molecular formula is C22H35N3O3. The number of hydrogen-bond acceptors (Lipinski definition) is 5. The van der Waals surface area contributed by atoms with Gasteiger partial charge in [-0.05, 0) is 65.4 Å². The van der Waals surface area contributed by atoms with Gasteiger partial charge in [0.25, 0.3) is 5.91 Å². The fourth-order valence-electron chi connectivity index (χ4n) is 4.12. The summed E-state index contributed by atoms with van der Waals surface area (Å²) in [6.07, 6.45) is 3.18. The topological polar surface area (TPSA) is 45.3 Å². The Hall–Kier alpha value is -1.79. The Balaban J connectivity index is 1.68. The molecule has 0 spiro atoms. The number of benzene rings is 1. The minimum atomic E-state index is 0.0754. The van der Waals surface area contributed by atoms with Crippen molar-refractivity contribution in [3.05, 3.63) is 23.8 Å². The quantitative estimate of drug-likeness (QED) is 0.749. The van der Waals surface area contributed by atoms with Crippen molar-refractivity contribution < 1.29 is 14.3 Å². The largest absolute Gasteiger partial charge is 0.493 e. The monoisotopic (exact) mass is 389 g/mol. The molecule has 2 aliphatic rings. The van der Waals surface area contributed by atoms with Crippen LogP contribution in [0.3, 0.4) is 0 Å². The normalized spacial score (nSPS) is 21.5. The van der Waals surface area contributed by atoms with E-state index in [1.165, 1.54) is 0 Å². The first kappa shape index (κ1) is 20.9. The van der Waals surface area contributed by atoms with E-state index in [1.807, 2.05) is 23.1 Å². The second-order valence-corrected chi connectivity index (χ2v) is 8.47. The number of piperidine rings is 1. The Labute approximate surface area is 169 Å². The lowest BCUT2D eigenvalue weighted by Gasteiger charge is -2.34. The molecule has 156 valence electrons. The van der Waals surface area contributed by atoms with E-state index in [1.54, 1.807) is 7.11 Å². The summed E-state index contributed by atoms with van der Waals surface area (Å²) in [6, 6.07) is 6.56. The summed E-state index contributed by atoms with van der Waals surface area (Å²) in [5, 5.41) is 0. The van der Waals surface area contributed by atoms with Gasteiger partial charge in [-0.1, -0.05) is 0 Å². The van der Waals surface area contributed by atoms with E-state index < -0.39 is 0 Å². The number of carbonyl (C=O) groups excluding carboxylic acids is 1. The molecule has 0 saturated carbocycles. The number of likely N-dealkylation sites (tertiary alicyclic amines) is 2. The Morgan fingerprint density at radius 2 is 1.82 bits per heavy atom. The lowest BCUT2D eigenvalue weighted by Crippen LogP contribution is -2.41. The highest BCUT2D eigenvalue weighted by Crippen LogP contribution is 2.32. The fraction of sp³-hybridized carbons (Fsp3) is 0.682. The molecule has 6 nitrogen and oxygen atoms in total. The van der Waals surface area contributed by atoms with Crippen LogP contribution in [0.15, 0.2) is 18.2 Å². The lowest BCUT2D eigenvalue weighted by molar-refractivity contribution is 0.0771. The van der Waals surface area contributed by atoms with E-state index in [0.717, 1.165) is 45.4 Å². The first-order valence-electron chi connectivity index (χ1n) is 10.4. The summed E-state index contributed by atoms with van der Waals surface area (Å²) in [7, 11) is 5.79. The number of carbonyl (C=O) groups is 1. The average Bonchev–Trinajstić information content (AvgIpc) is 3.18. The maximum absolute atomic E-state index is 13.0. The predicted molar refractivity (Wildman–Crippen MR) is 111 cm³/mol. The van der Waals surface area contributed by atoms with Crippen molar-refractivity contribution in [2.45, 2.75) is 51.3 Å². The van der Waals surface area contributed by atoms with Gasteiger partial charge >= 0.3 is 0 Å². The van der Waals surface area contributed by atoms with Crippen LogP contribution < -0.4 is 9.47 Å². The van der Waals surface area contributed by atoms with Crippen molar-refractivity contribution >= 4 is 5.91 Å². The van der Waals surface area contributed by atoms with Gasteiger partial charge in [-0.25, -0.2) is 0 Å². The van der Waals surface area contributed by atoms with Crippen LogP contribution in [0.2, 0.25) is 0 Å². The Morgan fingerprint density at radius 1 is 1.11 bits per heavy atom. The van der Waals surface area contributed by atoms with Gasteiger partial charge < -0.3 is 24.2 Å². The molecule has 3 rings (SSSR count). The van der Waals surface area contributed by atoms with Gasteiger partial charge in [0.15, 0.2) is 11.5 Å². The third-order valence-corrected chi connectivity index (χ3v) is 6.09. The van der Waals surface area contributed by atoms with Crippen LogP contribution in [0.5, 0.6) is 11.5 Å². The summed E-state index contributed by atoms with van der Waals surface area (Å²) < 4.78 is 11.8. The van der Waals surface area contributed by atoms with Crippen LogP contribution >= 0.6 is 0 Å². The minimum Gasteiger partial charge on any atom is -0.493 e. The molecule has 2 aliphatic heterocycles. The van der Waals surface area contributed by atoms with Crippen molar-refractivity contribution in [3.63, 3.8) is 0 Å². The number of amides is 1. The van der Waals surface area contributed by atoms with Gasteiger partial charge in [-0.3, -0.25) is 4.79 Å². The van der Waals surface area contributed by atoms with Gasteiger partial charge in [0.1, 0.15) is 6.10 Å². The standard InChI is InChI=1S/C22H35N3O3/c1-16(2)24-12-9-19(10-13-24)28-21-14-17(6-7-20(21)27-5)22(26)25-11-8-18(15-25)23(3)4/h6-7,14,16,18-19H,8-13,15H2,1-5H3. The SMILES string of the molecule is COc1ccc(C(=O)N2CCC(N(C)C)C2)cc1OC1CCN(C(C)C)CC1. The van der Waals surface area contributed by atoms with Crippen molar-refractivity contribution in [2.24, 2.45) is 0 Å². The van der Waals surface area contributed by atoms with E-state index in [-0.39, 0.29) is 12.0 Å². The van der Waals surface area contributed by atoms with Crippen LogP contribution in [-0.4, -0.2) is 86.2 Å². The summed E-state index contributed by atoms with van der Waals surface area (Å²) >= 11 is 0. The third-order valence-electron chi connectivity index (χ3n) is 6.09. The van der Waals surface area contributed by atoms with Crippen molar-refractivity contribution in [3.8, 4) is 11.5 Å². The molecule has 0 aromatic heterocycles. The maximum Gasteiger partial charge on any atom is 0.254 e. The van der Waals surface area contributed by atoms with Crippen LogP contribution in [-0.2, 0) is 0 Å². The van der Waals surface area contributed by atoms with Crippen molar-refractivity contribution in [1.82, 2.24) is 14.7 Å². The van der Waals surface area contributed by atoms with Gasteiger partial charge in [0, 0.05) is 43.8 Å². The number of nitrogens with zero attached hydrogens (tertiary/aromatic N) is 3. The third kappa shape index (κ3) is 4.78. The van der Waals surface area contributed by atoms with Crippen LogP contribution in [0.25, 0.3) is 0 Å². The first-order chi connectivity index (χ1) is 13.4. The van der Waals surface area contributed by atoms with E-state index >= 15 is 0 Å². The molecule has 1 amide bonds. The highest BCUT2D eigenvalue weighted by molar-refractivity contribution is 5.95. The molecule has 6 heteroatoms. The molecule has 1 aromatic rings. The molecule has 1 unspecified atom stereocenters. The summed E-state index contributed by atoms with van der Waals surface area (Å²) in [6.45, 7) is 8.14. The number of rotatable bonds is 6. The number of ether oxygens (including phenoxy) is 2. The Morgan fingerprint density at radius 3 is 2.39 bits per heavy atom. The molecule has 28 heavy (non-hydrogen) atoms. The zero-order valence-electron chi connectivity index (χ0n) is 18.0. The van der Waals surface area contributed by atoms with Crippen LogP contribution in [0, 0.1) is 0 Å². The number of likely N-dealkylation sites (N-methyl/N-ethyl adjacent to an activating group) is 1. The Bertz CT molecular complexity index is 669. The molecule has 2 fully saturated rings. The highest BCUT2D eigenvalue weighted by Gasteiger charge is 2.29. The molecule has 0 bridgehead atoms. The van der Waals surface area contributed by atoms with E-state index in [2.05, 4.69) is 37.7 Å². The summed E-state index contributed by atoms with van der Waals surface area (Å²) in [5.74, 6) is 1.45. The molecule has 2 saturated heterocycles. The van der Waals surface area contributed by atoms with Gasteiger partial charge in [-0.15, -0.1) is 0 Å². The lowest BCUT2D eigenvalue weighted by atomic mass is 10.1. The fourth-order valence-corrected chi connectivity index (χ4v) is 4.12. The van der Waals surface area contributed by atoms with Crippen LogP contribution in [0.1, 0.15) is 43.5 Å². The second kappa shape index (κ2) is 9.14. The minimum absolute atomic E-state index is 0.0754. The number of methoxy groups -OCH3 is 1. The van der Waals surface area contributed by atoms with E-state index in [0.29, 0.717) is 29.1 Å². The molecule has 0 N–H and O–H groups in total. The summed E-state index contributed by atoms with van der Waals surface area (Å²) in [4.78, 5) is 19.6. The summed E-state index contributed by atoms with van der Waals surface area (Å²) in [5.41, 5.74) is 0.676. The van der Waals surface area contributed by atoms with E-state index in [4.69, 9.17) is 9.47 Å². The van der Waals surface area contributed by atoms with Crippen molar-refractivity contribution in [1.29, 1.82) is 0 Å². The second-order valence-electron chi connectivity index (χ2n) is 8.47. The molecule has 1 atom stereocenters. The maximum atomic E-state index is 13.0. The molecular weight excluding hydrogens is 354 g/mol. The van der Waals surface area contributed by atoms with Crippen molar-refractivity contribution in [2.75, 3.05) is 47.4 Å². The van der Waals surface area contributed by atoms with Gasteiger partial charge in [-0.2, -0.15) is 0 Å². The first-order valence-corrected chi connectivity index (χ1v) is 10.4. The average molecular weight is 390 g/mol. The van der Waals surface area contributed by atoms with Gasteiger partial charge in [0.05, 0.1) is 7.11 Å². The number of hydrogen-bond donors (Lipinski definition) is 0. The molecule has 1 aromatic carbocycles. The molecule has 0 radical (unpaired) electrons. The zero-order valence-corrected chi connectivity index (χ0v) is 18.0. The van der Waals surface area contributed by atoms with Crippen LogP contribution in [0.4, 0.5) is 0 Å². The Kier molecular flexibility index (Phi) is 6.83. The highest BCUT2D eigenvalue weighted by atomic mass is 16.5. The van der Waals surface area contributed by atoms with E-state index in [9.17, 15) is 4.79 Å². The van der Waals surface area contributed by atoms with Gasteiger partial charge in [0.2, 0.25) is 0 Å².